The predicted molar refractivity (Wildman–Crippen MR) is 147 cm³/mol. The summed E-state index contributed by atoms with van der Waals surface area (Å²) in [5.74, 6) is 1.74. The number of hydrogen-bond acceptors (Lipinski definition) is 11. The number of benzene rings is 4. The van der Waals surface area contributed by atoms with Gasteiger partial charge in [-0.2, -0.15) is 0 Å². The average Bonchev–Trinajstić information content (AvgIpc) is 2.99. The van der Waals surface area contributed by atoms with Gasteiger partial charge in [0.2, 0.25) is 24.3 Å². The molecular formula is C28H27N5O7. The Hall–Kier alpha value is -6.40. The van der Waals surface area contributed by atoms with Gasteiger partial charge in [0.15, 0.2) is 0 Å². The lowest BCUT2D eigenvalue weighted by Crippen LogP contribution is -2.53. The maximum absolute atomic E-state index is 8.35. The zero-order chi connectivity index (χ0) is 31.0. The first kappa shape index (κ1) is 40.8. The van der Waals surface area contributed by atoms with Crippen molar-refractivity contribution in [3.05, 3.63) is 144 Å². The van der Waals surface area contributed by atoms with Gasteiger partial charge >= 0.3 is 0 Å². The van der Waals surface area contributed by atoms with E-state index in [0.29, 0.717) is 0 Å². The molecule has 0 saturated heterocycles. The number of nitrogens with one attached hydrogen (secondary N) is 5. The number of hydrogen-bond donors (Lipinski definition) is 5. The van der Waals surface area contributed by atoms with E-state index >= 15 is 0 Å². The SMILES string of the molecule is N=C=O.N=C=O.N=C=O.N=C=O.O=[NH+][O-].c1ccc(Oc2ccccc2)cc1.c1ccccc1.c1ccccc1. The Balaban J connectivity index is -0.000000206. The number of ether oxygens (including phenoxy) is 1. The highest BCUT2D eigenvalue weighted by atomic mass is 16.6. The Kier molecular flexibility index (Phi) is 43.5. The number of rotatable bonds is 2. The smallest absolute Gasteiger partial charge is 0.231 e. The maximum Gasteiger partial charge on any atom is 0.231 e. The number of isocyanates is 4. The van der Waals surface area contributed by atoms with Gasteiger partial charge in [-0.15, -0.1) is 0 Å². The highest BCUT2D eigenvalue weighted by molar-refractivity contribution is 5.30. The molecule has 12 heteroatoms. The molecule has 0 spiro atoms. The van der Waals surface area contributed by atoms with E-state index in [1.807, 2.05) is 133 Å². The summed E-state index contributed by atoms with van der Waals surface area (Å²) in [4.78, 5) is 41.5. The molecule has 0 aliphatic heterocycles. The molecule has 40 heavy (non-hydrogen) atoms. The third kappa shape index (κ3) is 45.1. The molecule has 0 amide bonds. The molecule has 0 saturated carbocycles. The van der Waals surface area contributed by atoms with Crippen molar-refractivity contribution in [3.8, 4) is 11.5 Å². The third-order valence-corrected chi connectivity index (χ3v) is 3.06. The molecule has 0 aliphatic rings. The normalized spacial score (nSPS) is 6.60. The van der Waals surface area contributed by atoms with Gasteiger partial charge in [0.05, 0.1) is 0 Å². The zero-order valence-corrected chi connectivity index (χ0v) is 21.1. The second-order valence-corrected chi connectivity index (χ2v) is 5.53. The van der Waals surface area contributed by atoms with E-state index in [-0.39, 0.29) is 5.34 Å². The molecule has 5 N–H and O–H groups in total. The first-order valence-electron chi connectivity index (χ1n) is 10.5. The molecule has 0 heterocycles. The zero-order valence-electron chi connectivity index (χ0n) is 21.1. The van der Waals surface area contributed by atoms with Gasteiger partial charge in [0.1, 0.15) is 11.5 Å². The molecule has 4 aromatic carbocycles. The minimum Gasteiger partial charge on any atom is -0.457 e. The molecule has 4 rings (SSSR count). The summed E-state index contributed by atoms with van der Waals surface area (Å²) >= 11 is 0. The van der Waals surface area contributed by atoms with Crippen LogP contribution in [0.2, 0.25) is 0 Å². The standard InChI is InChI=1S/C12H10O.2C6H6.4CHNO.HNO2/c1-3-7-11(8-4-1)13-12-9-5-2-6-10-12;2*1-2-4-6-5-3-1;5*2-1-3/h1-10H;2*1-6H;4*2H;1H. The first-order valence-corrected chi connectivity index (χ1v) is 10.5. The second kappa shape index (κ2) is 42.7. The minimum absolute atomic E-state index is 0.250. The average molecular weight is 546 g/mol. The molecule has 0 unspecified atom stereocenters. The molecule has 4 aromatic rings. The van der Waals surface area contributed by atoms with E-state index in [9.17, 15) is 0 Å². The molecule has 0 bridgehead atoms. The molecule has 12 nitrogen and oxygen atoms in total. The van der Waals surface area contributed by atoms with Crippen LogP contribution >= 0.6 is 0 Å². The van der Waals surface area contributed by atoms with Crippen LogP contribution in [0.4, 0.5) is 0 Å². The van der Waals surface area contributed by atoms with Crippen LogP contribution in [0.3, 0.4) is 0 Å². The summed E-state index contributed by atoms with van der Waals surface area (Å²) in [6, 6.07) is 43.5. The van der Waals surface area contributed by atoms with Gasteiger partial charge < -0.3 is 4.74 Å². The Morgan fingerprint density at radius 3 is 0.725 bits per heavy atom. The van der Waals surface area contributed by atoms with Crippen molar-refractivity contribution in [1.29, 1.82) is 21.6 Å². The Morgan fingerprint density at radius 1 is 0.450 bits per heavy atom. The lowest BCUT2D eigenvalue weighted by Gasteiger charge is -2.03. The van der Waals surface area contributed by atoms with Crippen LogP contribution in [0.15, 0.2) is 133 Å². The second-order valence-electron chi connectivity index (χ2n) is 5.53. The van der Waals surface area contributed by atoms with Crippen molar-refractivity contribution in [3.63, 3.8) is 0 Å². The van der Waals surface area contributed by atoms with E-state index < -0.39 is 0 Å². The van der Waals surface area contributed by atoms with E-state index in [0.717, 1.165) is 35.8 Å². The van der Waals surface area contributed by atoms with Gasteiger partial charge in [-0.05, 0) is 24.3 Å². The largest absolute Gasteiger partial charge is 0.457 e. The van der Waals surface area contributed by atoms with E-state index in [4.69, 9.17) is 55.7 Å². The van der Waals surface area contributed by atoms with Crippen LogP contribution in [-0.2, 0) is 19.2 Å². The van der Waals surface area contributed by atoms with Gasteiger partial charge in [-0.1, -0.05) is 109 Å². The Morgan fingerprint density at radius 2 is 0.575 bits per heavy atom. The fourth-order valence-corrected chi connectivity index (χ4v) is 1.88. The summed E-state index contributed by atoms with van der Waals surface area (Å²) in [6.07, 6.45) is 3.00. The minimum atomic E-state index is 0.250. The van der Waals surface area contributed by atoms with Crippen LogP contribution in [0.1, 0.15) is 0 Å². The quantitative estimate of drug-likeness (QED) is 0.102. The summed E-state index contributed by atoms with van der Waals surface area (Å²) in [5, 5.41) is 30.0. The van der Waals surface area contributed by atoms with Crippen molar-refractivity contribution >= 4 is 24.3 Å². The molecule has 0 fully saturated rings. The fraction of sp³-hybridized carbons (Fsp3) is 0. The molecule has 206 valence electrons. The van der Waals surface area contributed by atoms with Crippen molar-refractivity contribution in [2.75, 3.05) is 0 Å². The lowest BCUT2D eigenvalue weighted by molar-refractivity contribution is -0.398. The first-order chi connectivity index (χ1) is 19.5. The summed E-state index contributed by atoms with van der Waals surface area (Å²) in [6.45, 7) is 0. The van der Waals surface area contributed by atoms with Crippen molar-refractivity contribution in [1.82, 2.24) is 0 Å². The van der Waals surface area contributed by atoms with Crippen LogP contribution in [0.5, 0.6) is 11.5 Å². The fourth-order valence-electron chi connectivity index (χ4n) is 1.88. The molecular weight excluding hydrogens is 518 g/mol. The van der Waals surface area contributed by atoms with Crippen LogP contribution in [0, 0.1) is 31.8 Å². The van der Waals surface area contributed by atoms with Crippen molar-refractivity contribution in [2.45, 2.75) is 0 Å². The van der Waals surface area contributed by atoms with E-state index in [1.54, 1.807) is 0 Å². The Labute approximate surface area is 230 Å². The monoisotopic (exact) mass is 545 g/mol. The van der Waals surface area contributed by atoms with E-state index in [2.05, 4.69) is 0 Å². The Bertz CT molecular complexity index is 1000. The highest BCUT2D eigenvalue weighted by Gasteiger charge is 1.92. The molecule has 0 aromatic heterocycles. The van der Waals surface area contributed by atoms with Gasteiger partial charge in [0, 0.05) is 5.34 Å². The number of para-hydroxylation sites is 2. The topological polar surface area (TPSA) is 227 Å². The predicted octanol–water partition coefficient (Wildman–Crippen LogP) is 4.79. The van der Waals surface area contributed by atoms with Crippen LogP contribution < -0.4 is 10.1 Å². The van der Waals surface area contributed by atoms with Gasteiger partial charge in [-0.25, -0.2) is 40.8 Å². The van der Waals surface area contributed by atoms with Crippen molar-refractivity contribution in [2.24, 2.45) is 0 Å². The molecule has 0 atom stereocenters. The van der Waals surface area contributed by atoms with Crippen molar-refractivity contribution < 1.29 is 29.3 Å². The lowest BCUT2D eigenvalue weighted by atomic mass is 10.3. The van der Waals surface area contributed by atoms with Gasteiger partial charge in [-0.3, -0.25) is 10.1 Å². The van der Waals surface area contributed by atoms with Gasteiger partial charge in [0.25, 0.3) is 0 Å². The van der Waals surface area contributed by atoms with Crippen LogP contribution in [0.25, 0.3) is 0 Å². The van der Waals surface area contributed by atoms with Crippen LogP contribution in [-0.4, -0.2) is 24.3 Å². The maximum atomic E-state index is 8.35. The summed E-state index contributed by atoms with van der Waals surface area (Å²) in [5.41, 5.74) is 0. The van der Waals surface area contributed by atoms with E-state index in [1.165, 1.54) is 0 Å². The third-order valence-electron chi connectivity index (χ3n) is 3.06. The summed E-state index contributed by atoms with van der Waals surface area (Å²) in [7, 11) is 0. The highest BCUT2D eigenvalue weighted by Crippen LogP contribution is 2.19. The number of carbonyl (C=O) groups excluding carboxylic acids is 4. The molecule has 0 radical (unpaired) electrons. The summed E-state index contributed by atoms with van der Waals surface area (Å²) < 4.78 is 5.58. The molecule has 0 aliphatic carbocycles.